The van der Waals surface area contributed by atoms with Gasteiger partial charge < -0.3 is 9.47 Å². The van der Waals surface area contributed by atoms with Crippen molar-refractivity contribution in [1.82, 2.24) is 4.90 Å². The number of ether oxygens (including phenoxy) is 2. The Hall–Kier alpha value is -2.33. The number of carbonyl (C=O) groups excluding carboxylic acids is 1. The van der Waals surface area contributed by atoms with Crippen LogP contribution in [-0.2, 0) is 9.53 Å². The lowest BCUT2D eigenvalue weighted by Crippen LogP contribution is -2.33. The van der Waals surface area contributed by atoms with Crippen molar-refractivity contribution in [3.05, 3.63) is 66.2 Å². The zero-order valence-corrected chi connectivity index (χ0v) is 14.5. The fraction of sp³-hybridized carbons (Fsp3) is 0.350. The summed E-state index contributed by atoms with van der Waals surface area (Å²) in [7, 11) is 2.02. The van der Waals surface area contributed by atoms with Crippen LogP contribution < -0.4 is 4.74 Å². The lowest BCUT2D eigenvalue weighted by molar-refractivity contribution is -0.153. The quantitative estimate of drug-likeness (QED) is 0.693. The molecule has 4 nitrogen and oxygen atoms in total. The number of para-hydroxylation sites is 1. The Bertz CT molecular complexity index is 613. The molecule has 0 heterocycles. The van der Waals surface area contributed by atoms with Gasteiger partial charge in [-0.2, -0.15) is 0 Å². The average molecular weight is 327 g/mol. The van der Waals surface area contributed by atoms with Crippen molar-refractivity contribution in [2.75, 3.05) is 20.2 Å². The van der Waals surface area contributed by atoms with Gasteiger partial charge in [0, 0.05) is 12.6 Å². The molecule has 0 aromatic heterocycles. The molecule has 2 aromatic carbocycles. The average Bonchev–Trinajstić information content (AvgIpc) is 2.61. The van der Waals surface area contributed by atoms with Crippen molar-refractivity contribution in [2.45, 2.75) is 26.0 Å². The van der Waals surface area contributed by atoms with E-state index in [2.05, 4.69) is 18.7 Å². The van der Waals surface area contributed by atoms with Crippen molar-refractivity contribution in [1.29, 1.82) is 0 Å². The van der Waals surface area contributed by atoms with Crippen LogP contribution in [0.2, 0.25) is 0 Å². The fourth-order valence-corrected chi connectivity index (χ4v) is 2.20. The predicted molar refractivity (Wildman–Crippen MR) is 95.0 cm³/mol. The standard InChI is InChI=1S/C20H25NO3/c1-16(2)21(3)14-19(17-10-6-4-7-11-17)24-20(22)15-23-18-12-8-5-9-13-18/h4-13,16,19H,14-15H2,1-3H3. The minimum atomic E-state index is -0.370. The first kappa shape index (κ1) is 18.0. The molecule has 0 amide bonds. The number of esters is 1. The van der Waals surface area contributed by atoms with Gasteiger partial charge in [0.2, 0.25) is 0 Å². The Kier molecular flexibility index (Phi) is 6.82. The first-order valence-corrected chi connectivity index (χ1v) is 8.18. The van der Waals surface area contributed by atoms with Gasteiger partial charge in [0.05, 0.1) is 0 Å². The number of hydrogen-bond donors (Lipinski definition) is 0. The molecule has 2 rings (SSSR count). The van der Waals surface area contributed by atoms with Crippen LogP contribution >= 0.6 is 0 Å². The first-order chi connectivity index (χ1) is 11.6. The summed E-state index contributed by atoms with van der Waals surface area (Å²) in [6, 6.07) is 19.4. The molecule has 0 bridgehead atoms. The molecule has 0 N–H and O–H groups in total. The van der Waals surface area contributed by atoms with Crippen LogP contribution in [0.25, 0.3) is 0 Å². The van der Waals surface area contributed by atoms with E-state index in [1.807, 2.05) is 67.7 Å². The van der Waals surface area contributed by atoms with Gasteiger partial charge in [-0.15, -0.1) is 0 Å². The Morgan fingerprint density at radius 1 is 1.00 bits per heavy atom. The van der Waals surface area contributed by atoms with E-state index in [9.17, 15) is 4.79 Å². The number of likely N-dealkylation sites (N-methyl/N-ethyl adjacent to an activating group) is 1. The molecule has 128 valence electrons. The second-order valence-corrected chi connectivity index (χ2v) is 6.02. The minimum Gasteiger partial charge on any atom is -0.482 e. The molecule has 0 saturated carbocycles. The van der Waals surface area contributed by atoms with Crippen LogP contribution in [0, 0.1) is 0 Å². The Balaban J connectivity index is 1.97. The Morgan fingerprint density at radius 3 is 2.17 bits per heavy atom. The third-order valence-corrected chi connectivity index (χ3v) is 3.88. The molecular formula is C20H25NO3. The van der Waals surface area contributed by atoms with E-state index in [-0.39, 0.29) is 18.7 Å². The summed E-state index contributed by atoms with van der Waals surface area (Å²) in [6.07, 6.45) is -0.314. The summed E-state index contributed by atoms with van der Waals surface area (Å²) in [4.78, 5) is 14.3. The normalized spacial score (nSPS) is 12.2. The molecule has 0 aliphatic rings. The van der Waals surface area contributed by atoms with E-state index < -0.39 is 0 Å². The highest BCUT2D eigenvalue weighted by Crippen LogP contribution is 2.19. The third kappa shape index (κ3) is 5.70. The summed E-state index contributed by atoms with van der Waals surface area (Å²) < 4.78 is 11.1. The van der Waals surface area contributed by atoms with Crippen LogP contribution in [0.5, 0.6) is 5.75 Å². The van der Waals surface area contributed by atoms with E-state index in [0.29, 0.717) is 18.3 Å². The lowest BCUT2D eigenvalue weighted by Gasteiger charge is -2.27. The number of hydrogen-bond acceptors (Lipinski definition) is 4. The van der Waals surface area contributed by atoms with Crippen LogP contribution in [0.3, 0.4) is 0 Å². The van der Waals surface area contributed by atoms with Gasteiger partial charge in [-0.1, -0.05) is 48.5 Å². The zero-order valence-electron chi connectivity index (χ0n) is 14.5. The number of benzene rings is 2. The maximum Gasteiger partial charge on any atom is 0.344 e. The van der Waals surface area contributed by atoms with Crippen molar-refractivity contribution in [3.63, 3.8) is 0 Å². The highest BCUT2D eigenvalue weighted by Gasteiger charge is 2.20. The maximum absolute atomic E-state index is 12.2. The van der Waals surface area contributed by atoms with E-state index in [1.165, 1.54) is 0 Å². The Labute approximate surface area is 144 Å². The van der Waals surface area contributed by atoms with Crippen LogP contribution in [0.4, 0.5) is 0 Å². The highest BCUT2D eigenvalue weighted by molar-refractivity contribution is 5.71. The van der Waals surface area contributed by atoms with E-state index in [0.717, 1.165) is 5.56 Å². The molecule has 4 heteroatoms. The van der Waals surface area contributed by atoms with E-state index >= 15 is 0 Å². The summed E-state index contributed by atoms with van der Waals surface area (Å²) in [6.45, 7) is 4.77. The summed E-state index contributed by atoms with van der Waals surface area (Å²) in [5, 5.41) is 0. The predicted octanol–water partition coefficient (Wildman–Crippen LogP) is 3.69. The minimum absolute atomic E-state index is 0.0985. The monoisotopic (exact) mass is 327 g/mol. The molecule has 1 unspecified atom stereocenters. The zero-order chi connectivity index (χ0) is 17.4. The van der Waals surface area contributed by atoms with E-state index in [1.54, 1.807) is 0 Å². The topological polar surface area (TPSA) is 38.8 Å². The first-order valence-electron chi connectivity index (χ1n) is 8.18. The molecule has 24 heavy (non-hydrogen) atoms. The van der Waals surface area contributed by atoms with Crippen molar-refractivity contribution in [2.24, 2.45) is 0 Å². The smallest absolute Gasteiger partial charge is 0.344 e. The molecule has 2 aromatic rings. The van der Waals surface area contributed by atoms with Gasteiger partial charge in [0.25, 0.3) is 0 Å². The molecular weight excluding hydrogens is 302 g/mol. The molecule has 0 aliphatic carbocycles. The molecule has 0 saturated heterocycles. The SMILES string of the molecule is CC(C)N(C)CC(OC(=O)COc1ccccc1)c1ccccc1. The lowest BCUT2D eigenvalue weighted by atomic mass is 10.1. The highest BCUT2D eigenvalue weighted by atomic mass is 16.6. The fourth-order valence-electron chi connectivity index (χ4n) is 2.20. The summed E-state index contributed by atoms with van der Waals surface area (Å²) in [5.41, 5.74) is 0.984. The van der Waals surface area contributed by atoms with Crippen LogP contribution in [0.1, 0.15) is 25.5 Å². The van der Waals surface area contributed by atoms with Gasteiger partial charge in [0.15, 0.2) is 6.61 Å². The largest absolute Gasteiger partial charge is 0.482 e. The van der Waals surface area contributed by atoms with Crippen LogP contribution in [-0.4, -0.2) is 37.1 Å². The number of nitrogens with zero attached hydrogens (tertiary/aromatic N) is 1. The van der Waals surface area contributed by atoms with Gasteiger partial charge in [-0.25, -0.2) is 4.79 Å². The summed E-state index contributed by atoms with van der Waals surface area (Å²) >= 11 is 0. The second-order valence-electron chi connectivity index (χ2n) is 6.02. The molecule has 0 spiro atoms. The maximum atomic E-state index is 12.2. The molecule has 0 radical (unpaired) electrons. The molecule has 0 aliphatic heterocycles. The van der Waals surface area contributed by atoms with Gasteiger partial charge >= 0.3 is 5.97 Å². The molecule has 0 fully saturated rings. The second kappa shape index (κ2) is 9.08. The van der Waals surface area contributed by atoms with Gasteiger partial charge in [-0.05, 0) is 38.6 Å². The number of rotatable bonds is 8. The van der Waals surface area contributed by atoms with Crippen molar-refractivity contribution in [3.8, 4) is 5.75 Å². The number of carbonyl (C=O) groups is 1. The van der Waals surface area contributed by atoms with E-state index in [4.69, 9.17) is 9.47 Å². The van der Waals surface area contributed by atoms with Gasteiger partial charge in [0.1, 0.15) is 11.9 Å². The van der Waals surface area contributed by atoms with Gasteiger partial charge in [-0.3, -0.25) is 4.90 Å². The molecule has 1 atom stereocenters. The van der Waals surface area contributed by atoms with Crippen LogP contribution in [0.15, 0.2) is 60.7 Å². The third-order valence-electron chi connectivity index (χ3n) is 3.88. The van der Waals surface area contributed by atoms with Crippen molar-refractivity contribution < 1.29 is 14.3 Å². The Morgan fingerprint density at radius 2 is 1.58 bits per heavy atom. The van der Waals surface area contributed by atoms with Crippen molar-refractivity contribution >= 4 is 5.97 Å². The summed E-state index contributed by atoms with van der Waals surface area (Å²) in [5.74, 6) is 0.287.